The molecule has 1 saturated heterocycles. The number of hydrogen-bond donors (Lipinski definition) is 2. The highest BCUT2D eigenvalue weighted by molar-refractivity contribution is 6.31. The second-order valence-electron chi connectivity index (χ2n) is 5.15. The Labute approximate surface area is 118 Å². The summed E-state index contributed by atoms with van der Waals surface area (Å²) in [7, 11) is 0. The van der Waals surface area contributed by atoms with E-state index in [1.54, 1.807) is 6.07 Å². The normalized spacial score (nSPS) is 20.3. The summed E-state index contributed by atoms with van der Waals surface area (Å²) in [5.74, 6) is -0.0194. The maximum atomic E-state index is 11.9. The van der Waals surface area contributed by atoms with E-state index in [-0.39, 0.29) is 11.9 Å². The molecule has 1 amide bonds. The van der Waals surface area contributed by atoms with Crippen molar-refractivity contribution in [3.63, 3.8) is 0 Å². The zero-order valence-corrected chi connectivity index (χ0v) is 11.9. The summed E-state index contributed by atoms with van der Waals surface area (Å²) in [5, 5.41) is 3.53. The quantitative estimate of drug-likeness (QED) is 0.891. The van der Waals surface area contributed by atoms with Crippen molar-refractivity contribution in [3.05, 3.63) is 28.8 Å². The van der Waals surface area contributed by atoms with Crippen molar-refractivity contribution in [3.8, 4) is 0 Å². The van der Waals surface area contributed by atoms with Gasteiger partial charge in [-0.05, 0) is 44.0 Å². The highest BCUT2D eigenvalue weighted by Crippen LogP contribution is 2.20. The number of rotatable bonds is 3. The SMILES string of the molecule is Cc1ccc(NC(=O)CN2CCCC(N)C2)cc1Cl. The first-order chi connectivity index (χ1) is 9.04. The van der Waals surface area contributed by atoms with Crippen LogP contribution in [0.3, 0.4) is 0 Å². The Bertz CT molecular complexity index is 464. The Hall–Kier alpha value is -1.10. The molecule has 1 heterocycles. The van der Waals surface area contributed by atoms with Crippen molar-refractivity contribution in [1.29, 1.82) is 0 Å². The molecule has 104 valence electrons. The third kappa shape index (κ3) is 4.20. The topological polar surface area (TPSA) is 58.4 Å². The molecule has 1 fully saturated rings. The van der Waals surface area contributed by atoms with Crippen LogP contribution in [0.15, 0.2) is 18.2 Å². The van der Waals surface area contributed by atoms with Crippen LogP contribution in [0.25, 0.3) is 0 Å². The molecule has 0 bridgehead atoms. The van der Waals surface area contributed by atoms with Gasteiger partial charge in [0.1, 0.15) is 0 Å². The second kappa shape index (κ2) is 6.37. The molecule has 1 atom stereocenters. The van der Waals surface area contributed by atoms with Gasteiger partial charge in [0.05, 0.1) is 6.54 Å². The fraction of sp³-hybridized carbons (Fsp3) is 0.500. The van der Waals surface area contributed by atoms with Gasteiger partial charge in [0.2, 0.25) is 5.91 Å². The zero-order valence-electron chi connectivity index (χ0n) is 11.2. The highest BCUT2D eigenvalue weighted by Gasteiger charge is 2.18. The van der Waals surface area contributed by atoms with Gasteiger partial charge < -0.3 is 11.1 Å². The van der Waals surface area contributed by atoms with Crippen LogP contribution in [0.1, 0.15) is 18.4 Å². The summed E-state index contributed by atoms with van der Waals surface area (Å²) in [6, 6.07) is 5.72. The number of nitrogens with two attached hydrogens (primary N) is 1. The first kappa shape index (κ1) is 14.3. The van der Waals surface area contributed by atoms with Crippen LogP contribution in [-0.4, -0.2) is 36.5 Å². The fourth-order valence-electron chi connectivity index (χ4n) is 2.31. The number of halogens is 1. The Kier molecular flexibility index (Phi) is 4.80. The first-order valence-corrected chi connectivity index (χ1v) is 6.96. The summed E-state index contributed by atoms with van der Waals surface area (Å²) >= 11 is 6.03. The Morgan fingerprint density at radius 2 is 2.37 bits per heavy atom. The van der Waals surface area contributed by atoms with Crippen molar-refractivity contribution in [2.24, 2.45) is 5.73 Å². The lowest BCUT2D eigenvalue weighted by Gasteiger charge is -2.29. The van der Waals surface area contributed by atoms with E-state index < -0.39 is 0 Å². The van der Waals surface area contributed by atoms with E-state index in [0.29, 0.717) is 11.6 Å². The van der Waals surface area contributed by atoms with Gasteiger partial charge in [-0.1, -0.05) is 17.7 Å². The van der Waals surface area contributed by atoms with E-state index in [4.69, 9.17) is 17.3 Å². The van der Waals surface area contributed by atoms with Crippen molar-refractivity contribution in [2.45, 2.75) is 25.8 Å². The molecular weight excluding hydrogens is 262 g/mol. The number of aryl methyl sites for hydroxylation is 1. The van der Waals surface area contributed by atoms with Gasteiger partial charge in [-0.25, -0.2) is 0 Å². The number of likely N-dealkylation sites (tertiary alicyclic amines) is 1. The maximum Gasteiger partial charge on any atom is 0.238 e. The van der Waals surface area contributed by atoms with E-state index in [1.165, 1.54) is 0 Å². The molecule has 1 aromatic rings. The van der Waals surface area contributed by atoms with E-state index in [2.05, 4.69) is 10.2 Å². The molecule has 19 heavy (non-hydrogen) atoms. The molecule has 0 aromatic heterocycles. The van der Waals surface area contributed by atoms with Crippen molar-refractivity contribution < 1.29 is 4.79 Å². The maximum absolute atomic E-state index is 11.9. The number of hydrogen-bond acceptors (Lipinski definition) is 3. The van der Waals surface area contributed by atoms with Crippen LogP contribution < -0.4 is 11.1 Å². The van der Waals surface area contributed by atoms with Gasteiger partial charge in [-0.15, -0.1) is 0 Å². The molecule has 5 heteroatoms. The molecule has 1 aromatic carbocycles. The fourth-order valence-corrected chi connectivity index (χ4v) is 2.49. The summed E-state index contributed by atoms with van der Waals surface area (Å²) < 4.78 is 0. The third-order valence-corrected chi connectivity index (χ3v) is 3.77. The second-order valence-corrected chi connectivity index (χ2v) is 5.56. The smallest absolute Gasteiger partial charge is 0.238 e. The molecule has 3 N–H and O–H groups in total. The lowest BCUT2D eigenvalue weighted by Crippen LogP contribution is -2.45. The van der Waals surface area contributed by atoms with Crippen molar-refractivity contribution in [1.82, 2.24) is 4.90 Å². The summed E-state index contributed by atoms with van der Waals surface area (Å²) in [6.45, 7) is 4.06. The standard InChI is InChI=1S/C14H20ClN3O/c1-10-4-5-12(7-13(10)15)17-14(19)9-18-6-2-3-11(16)8-18/h4-5,7,11H,2-3,6,8-9,16H2,1H3,(H,17,19). The summed E-state index contributed by atoms with van der Waals surface area (Å²) in [6.07, 6.45) is 2.11. The summed E-state index contributed by atoms with van der Waals surface area (Å²) in [5.41, 5.74) is 7.64. The third-order valence-electron chi connectivity index (χ3n) is 3.36. The number of anilines is 1. The molecule has 1 aliphatic rings. The van der Waals surface area contributed by atoms with Gasteiger partial charge in [-0.2, -0.15) is 0 Å². The number of piperidine rings is 1. The minimum absolute atomic E-state index is 0.0194. The van der Waals surface area contributed by atoms with Crippen LogP contribution >= 0.6 is 11.6 Å². The summed E-state index contributed by atoms with van der Waals surface area (Å²) in [4.78, 5) is 14.0. The van der Waals surface area contributed by atoms with E-state index in [9.17, 15) is 4.79 Å². The van der Waals surface area contributed by atoms with Crippen LogP contribution in [0, 0.1) is 6.92 Å². The van der Waals surface area contributed by atoms with Gasteiger partial charge in [-0.3, -0.25) is 9.69 Å². The largest absolute Gasteiger partial charge is 0.327 e. The average molecular weight is 282 g/mol. The Morgan fingerprint density at radius 1 is 1.58 bits per heavy atom. The molecule has 0 spiro atoms. The van der Waals surface area contributed by atoms with E-state index in [1.807, 2.05) is 19.1 Å². The molecule has 4 nitrogen and oxygen atoms in total. The van der Waals surface area contributed by atoms with E-state index in [0.717, 1.165) is 37.2 Å². The van der Waals surface area contributed by atoms with Gasteiger partial charge in [0, 0.05) is 23.3 Å². The van der Waals surface area contributed by atoms with Crippen LogP contribution in [-0.2, 0) is 4.79 Å². The van der Waals surface area contributed by atoms with Crippen LogP contribution in [0.4, 0.5) is 5.69 Å². The predicted octanol–water partition coefficient (Wildman–Crippen LogP) is 2.01. The molecule has 2 rings (SSSR count). The minimum atomic E-state index is -0.0194. The molecule has 1 aliphatic heterocycles. The van der Waals surface area contributed by atoms with Gasteiger partial charge >= 0.3 is 0 Å². The average Bonchev–Trinajstić information content (AvgIpc) is 2.34. The van der Waals surface area contributed by atoms with Crippen molar-refractivity contribution >= 4 is 23.2 Å². The van der Waals surface area contributed by atoms with E-state index >= 15 is 0 Å². The lowest BCUT2D eigenvalue weighted by molar-refractivity contribution is -0.117. The van der Waals surface area contributed by atoms with Gasteiger partial charge in [0.25, 0.3) is 0 Å². The van der Waals surface area contributed by atoms with Gasteiger partial charge in [0.15, 0.2) is 0 Å². The molecule has 1 unspecified atom stereocenters. The molecule has 0 aliphatic carbocycles. The molecule has 0 saturated carbocycles. The number of nitrogens with zero attached hydrogens (tertiary/aromatic N) is 1. The number of carbonyl (C=O) groups is 1. The number of benzene rings is 1. The van der Waals surface area contributed by atoms with Crippen molar-refractivity contribution in [2.75, 3.05) is 25.0 Å². The number of nitrogens with one attached hydrogen (secondary N) is 1. The van der Waals surface area contributed by atoms with Crippen LogP contribution in [0.5, 0.6) is 0 Å². The monoisotopic (exact) mass is 281 g/mol. The minimum Gasteiger partial charge on any atom is -0.327 e. The highest BCUT2D eigenvalue weighted by atomic mass is 35.5. The Morgan fingerprint density at radius 3 is 3.05 bits per heavy atom. The zero-order chi connectivity index (χ0) is 13.8. The predicted molar refractivity (Wildman–Crippen MR) is 78.5 cm³/mol. The lowest BCUT2D eigenvalue weighted by atomic mass is 10.1. The first-order valence-electron chi connectivity index (χ1n) is 6.58. The number of amides is 1. The number of carbonyl (C=O) groups excluding carboxylic acids is 1. The molecular formula is C14H20ClN3O. The molecule has 0 radical (unpaired) electrons. The Balaban J connectivity index is 1.88. The van der Waals surface area contributed by atoms with Crippen LogP contribution in [0.2, 0.25) is 5.02 Å².